The Kier molecular flexibility index (Phi) is 4.16. The first-order valence-electron chi connectivity index (χ1n) is 8.39. The van der Waals surface area contributed by atoms with E-state index in [0.717, 1.165) is 6.42 Å². The van der Waals surface area contributed by atoms with E-state index in [1.807, 2.05) is 13.0 Å². The molecule has 3 aromatic rings. The summed E-state index contributed by atoms with van der Waals surface area (Å²) in [5.41, 5.74) is 0.906. The average molecular weight is 354 g/mol. The second-order valence-electron chi connectivity index (χ2n) is 5.87. The van der Waals surface area contributed by atoms with Gasteiger partial charge in [-0.15, -0.1) is 0 Å². The van der Waals surface area contributed by atoms with Crippen LogP contribution in [0.3, 0.4) is 0 Å². The molecular formula is C20H18O6. The predicted molar refractivity (Wildman–Crippen MR) is 96.4 cm³/mol. The number of hydrogen-bond donors (Lipinski definition) is 0. The van der Waals surface area contributed by atoms with Gasteiger partial charge in [0.25, 0.3) is 0 Å². The molecule has 134 valence electrons. The van der Waals surface area contributed by atoms with Crippen molar-refractivity contribution in [3.05, 3.63) is 46.6 Å². The Balaban J connectivity index is 1.94. The lowest BCUT2D eigenvalue weighted by atomic mass is 10.1. The third-order valence-electron chi connectivity index (χ3n) is 4.14. The smallest absolute Gasteiger partial charge is 0.235 e. The van der Waals surface area contributed by atoms with E-state index >= 15 is 0 Å². The van der Waals surface area contributed by atoms with Gasteiger partial charge >= 0.3 is 0 Å². The standard InChI is InChI=1S/C20H18O6/c1-3-8-23-20-18(21)14-6-5-13(22-2)10-16(14)26-19(20)12-4-7-15-17(9-12)25-11-24-15/h4-7,9-10H,3,8,11H2,1-2H3. The lowest BCUT2D eigenvalue weighted by molar-refractivity contribution is 0.174. The second-order valence-corrected chi connectivity index (χ2v) is 5.87. The minimum atomic E-state index is -0.213. The maximum atomic E-state index is 13.0. The van der Waals surface area contributed by atoms with Gasteiger partial charge < -0.3 is 23.4 Å². The van der Waals surface area contributed by atoms with Crippen LogP contribution in [0.2, 0.25) is 0 Å². The van der Waals surface area contributed by atoms with Crippen LogP contribution < -0.4 is 24.4 Å². The van der Waals surface area contributed by atoms with Gasteiger partial charge in [-0.3, -0.25) is 4.79 Å². The lowest BCUT2D eigenvalue weighted by Gasteiger charge is -2.12. The van der Waals surface area contributed by atoms with Gasteiger partial charge in [0.2, 0.25) is 18.0 Å². The van der Waals surface area contributed by atoms with Gasteiger partial charge in [0.1, 0.15) is 11.3 Å². The summed E-state index contributed by atoms with van der Waals surface area (Å²) in [5.74, 6) is 2.44. The number of hydrogen-bond acceptors (Lipinski definition) is 6. The van der Waals surface area contributed by atoms with Gasteiger partial charge in [0.15, 0.2) is 17.3 Å². The van der Waals surface area contributed by atoms with Gasteiger partial charge in [-0.25, -0.2) is 0 Å². The van der Waals surface area contributed by atoms with E-state index in [1.165, 1.54) is 0 Å². The van der Waals surface area contributed by atoms with Gasteiger partial charge in [-0.05, 0) is 36.8 Å². The van der Waals surface area contributed by atoms with Gasteiger partial charge in [0.05, 0.1) is 19.1 Å². The highest BCUT2D eigenvalue weighted by Gasteiger charge is 2.21. The van der Waals surface area contributed by atoms with Gasteiger partial charge in [-0.1, -0.05) is 6.92 Å². The van der Waals surface area contributed by atoms with Crippen LogP contribution >= 0.6 is 0 Å². The summed E-state index contributed by atoms with van der Waals surface area (Å²) in [6.07, 6.45) is 0.778. The first-order chi connectivity index (χ1) is 12.7. The van der Waals surface area contributed by atoms with Crippen molar-refractivity contribution in [1.29, 1.82) is 0 Å². The molecule has 0 aliphatic carbocycles. The second kappa shape index (κ2) is 6.63. The van der Waals surface area contributed by atoms with Crippen molar-refractivity contribution in [3.8, 4) is 34.3 Å². The number of rotatable bonds is 5. The summed E-state index contributed by atoms with van der Waals surface area (Å²) in [6, 6.07) is 10.5. The van der Waals surface area contributed by atoms with Crippen molar-refractivity contribution in [3.63, 3.8) is 0 Å². The van der Waals surface area contributed by atoms with Crippen molar-refractivity contribution >= 4 is 11.0 Å². The molecule has 2 aromatic carbocycles. The summed E-state index contributed by atoms with van der Waals surface area (Å²) in [4.78, 5) is 13.0. The van der Waals surface area contributed by atoms with Crippen LogP contribution in [0.4, 0.5) is 0 Å². The Morgan fingerprint density at radius 1 is 1.08 bits per heavy atom. The van der Waals surface area contributed by atoms with E-state index in [2.05, 4.69) is 0 Å². The zero-order valence-corrected chi connectivity index (χ0v) is 14.5. The summed E-state index contributed by atoms with van der Waals surface area (Å²) in [7, 11) is 1.57. The molecule has 0 N–H and O–H groups in total. The molecule has 0 spiro atoms. The van der Waals surface area contributed by atoms with Crippen LogP contribution in [0, 0.1) is 0 Å². The Morgan fingerprint density at radius 2 is 1.92 bits per heavy atom. The molecule has 0 amide bonds. The molecule has 0 fully saturated rings. The summed E-state index contributed by atoms with van der Waals surface area (Å²) in [5, 5.41) is 0.446. The minimum Gasteiger partial charge on any atom is -0.497 e. The van der Waals surface area contributed by atoms with E-state index in [-0.39, 0.29) is 18.0 Å². The van der Waals surface area contributed by atoms with Crippen LogP contribution in [0.25, 0.3) is 22.3 Å². The topological polar surface area (TPSA) is 67.1 Å². The molecule has 1 aliphatic rings. The normalized spacial score (nSPS) is 12.4. The fraction of sp³-hybridized carbons (Fsp3) is 0.250. The molecule has 0 unspecified atom stereocenters. The molecule has 2 heterocycles. The summed E-state index contributed by atoms with van der Waals surface area (Å²) in [6.45, 7) is 2.58. The van der Waals surface area contributed by atoms with Crippen LogP contribution in [0.1, 0.15) is 13.3 Å². The molecule has 0 saturated heterocycles. The highest BCUT2D eigenvalue weighted by molar-refractivity contribution is 5.83. The summed E-state index contributed by atoms with van der Waals surface area (Å²) >= 11 is 0. The van der Waals surface area contributed by atoms with E-state index in [1.54, 1.807) is 37.4 Å². The van der Waals surface area contributed by atoms with Crippen molar-refractivity contribution < 1.29 is 23.4 Å². The van der Waals surface area contributed by atoms with Crippen LogP contribution in [0.15, 0.2) is 45.6 Å². The molecule has 4 rings (SSSR count). The number of benzene rings is 2. The summed E-state index contributed by atoms with van der Waals surface area (Å²) < 4.78 is 27.8. The van der Waals surface area contributed by atoms with Crippen LogP contribution in [-0.4, -0.2) is 20.5 Å². The zero-order valence-electron chi connectivity index (χ0n) is 14.5. The van der Waals surface area contributed by atoms with Crippen molar-refractivity contribution in [1.82, 2.24) is 0 Å². The van der Waals surface area contributed by atoms with E-state index in [0.29, 0.717) is 46.1 Å². The Hall–Kier alpha value is -3.15. The third kappa shape index (κ3) is 2.73. The monoisotopic (exact) mass is 354 g/mol. The van der Waals surface area contributed by atoms with Crippen molar-refractivity contribution in [2.24, 2.45) is 0 Å². The van der Waals surface area contributed by atoms with Crippen molar-refractivity contribution in [2.45, 2.75) is 13.3 Å². The lowest BCUT2D eigenvalue weighted by Crippen LogP contribution is -2.10. The number of ether oxygens (including phenoxy) is 4. The molecule has 6 heteroatoms. The number of fused-ring (bicyclic) bond motifs is 2. The SMILES string of the molecule is CCCOc1c(-c2ccc3c(c2)OCO3)oc2cc(OC)ccc2c1=O. The first kappa shape index (κ1) is 16.3. The van der Waals surface area contributed by atoms with Gasteiger partial charge in [0, 0.05) is 11.6 Å². The fourth-order valence-electron chi connectivity index (χ4n) is 2.85. The quantitative estimate of drug-likeness (QED) is 0.690. The Morgan fingerprint density at radius 3 is 2.73 bits per heavy atom. The number of methoxy groups -OCH3 is 1. The minimum absolute atomic E-state index is 0.177. The third-order valence-corrected chi connectivity index (χ3v) is 4.14. The zero-order chi connectivity index (χ0) is 18.1. The molecule has 1 aliphatic heterocycles. The Bertz CT molecular complexity index is 1020. The maximum absolute atomic E-state index is 13.0. The molecule has 0 atom stereocenters. The van der Waals surface area contributed by atoms with E-state index in [4.69, 9.17) is 23.4 Å². The highest BCUT2D eigenvalue weighted by Crippen LogP contribution is 2.39. The van der Waals surface area contributed by atoms with Crippen LogP contribution in [-0.2, 0) is 0 Å². The fourth-order valence-corrected chi connectivity index (χ4v) is 2.85. The van der Waals surface area contributed by atoms with Crippen LogP contribution in [0.5, 0.6) is 23.0 Å². The van der Waals surface area contributed by atoms with E-state index < -0.39 is 0 Å². The molecule has 0 bridgehead atoms. The molecule has 0 radical (unpaired) electrons. The largest absolute Gasteiger partial charge is 0.497 e. The molecule has 26 heavy (non-hydrogen) atoms. The first-order valence-corrected chi connectivity index (χ1v) is 8.39. The molecule has 6 nitrogen and oxygen atoms in total. The molecular weight excluding hydrogens is 336 g/mol. The van der Waals surface area contributed by atoms with E-state index in [9.17, 15) is 4.79 Å². The average Bonchev–Trinajstić information content (AvgIpc) is 3.14. The predicted octanol–water partition coefficient (Wildman–Crippen LogP) is 3.99. The molecule has 1 aromatic heterocycles. The van der Waals surface area contributed by atoms with Gasteiger partial charge in [-0.2, -0.15) is 0 Å². The molecule has 0 saturated carbocycles. The Labute approximate surface area is 149 Å². The maximum Gasteiger partial charge on any atom is 0.235 e. The van der Waals surface area contributed by atoms with Crippen molar-refractivity contribution in [2.75, 3.05) is 20.5 Å². The highest BCUT2D eigenvalue weighted by atomic mass is 16.7.